The van der Waals surface area contributed by atoms with Crippen LogP contribution in [0.15, 0.2) is 24.3 Å². The van der Waals surface area contributed by atoms with Crippen molar-refractivity contribution in [2.45, 2.75) is 18.8 Å². The van der Waals surface area contributed by atoms with Crippen LogP contribution < -0.4 is 4.74 Å². The van der Waals surface area contributed by atoms with Crippen LogP contribution in [0.25, 0.3) is 0 Å². The first-order valence-electron chi connectivity index (χ1n) is 5.08. The van der Waals surface area contributed by atoms with E-state index in [0.717, 1.165) is 18.6 Å². The van der Waals surface area contributed by atoms with Gasteiger partial charge in [0.2, 0.25) is 0 Å². The maximum atomic E-state index is 8.93. The first-order chi connectivity index (χ1) is 6.83. The molecule has 1 aliphatic carbocycles. The fraction of sp³-hybridized carbons (Fsp3) is 0.500. The minimum Gasteiger partial charge on any atom is -0.497 e. The highest BCUT2D eigenvalue weighted by molar-refractivity contribution is 5.31. The van der Waals surface area contributed by atoms with Gasteiger partial charge in [-0.1, -0.05) is 12.1 Å². The van der Waals surface area contributed by atoms with E-state index < -0.39 is 0 Å². The van der Waals surface area contributed by atoms with E-state index in [2.05, 4.69) is 12.1 Å². The lowest BCUT2D eigenvalue weighted by atomic mass is 9.72. The molecule has 1 fully saturated rings. The lowest BCUT2D eigenvalue weighted by Gasteiger charge is -2.34. The highest BCUT2D eigenvalue weighted by Gasteiger charge is 2.29. The molecular formula is C12H16O2. The molecule has 1 N–H and O–H groups in total. The second-order valence-corrected chi connectivity index (χ2v) is 3.99. The van der Waals surface area contributed by atoms with Gasteiger partial charge in [0.15, 0.2) is 0 Å². The Labute approximate surface area is 84.5 Å². The molecule has 0 aliphatic heterocycles. The topological polar surface area (TPSA) is 29.5 Å². The minimum absolute atomic E-state index is 0.334. The number of methoxy groups -OCH3 is 1. The van der Waals surface area contributed by atoms with Crippen LogP contribution in [-0.2, 0) is 0 Å². The van der Waals surface area contributed by atoms with Gasteiger partial charge in [0.1, 0.15) is 5.75 Å². The molecule has 2 nitrogen and oxygen atoms in total. The maximum absolute atomic E-state index is 8.93. The Morgan fingerprint density at radius 3 is 2.86 bits per heavy atom. The SMILES string of the molecule is COc1cccc(C2CC(CO)C2)c1. The van der Waals surface area contributed by atoms with Crippen LogP contribution in [0.3, 0.4) is 0 Å². The van der Waals surface area contributed by atoms with Gasteiger partial charge in [-0.25, -0.2) is 0 Å². The van der Waals surface area contributed by atoms with Crippen molar-refractivity contribution in [3.05, 3.63) is 29.8 Å². The van der Waals surface area contributed by atoms with Crippen LogP contribution in [0.5, 0.6) is 5.75 Å². The third-order valence-electron chi connectivity index (χ3n) is 3.06. The number of hydrogen-bond donors (Lipinski definition) is 1. The first-order valence-corrected chi connectivity index (χ1v) is 5.08. The highest BCUT2D eigenvalue weighted by atomic mass is 16.5. The van der Waals surface area contributed by atoms with Gasteiger partial charge >= 0.3 is 0 Å². The zero-order valence-electron chi connectivity index (χ0n) is 8.44. The summed E-state index contributed by atoms with van der Waals surface area (Å²) in [7, 11) is 1.69. The summed E-state index contributed by atoms with van der Waals surface area (Å²) in [5.74, 6) is 2.07. The van der Waals surface area contributed by atoms with Crippen molar-refractivity contribution in [2.75, 3.05) is 13.7 Å². The quantitative estimate of drug-likeness (QED) is 0.795. The molecule has 0 bridgehead atoms. The van der Waals surface area contributed by atoms with Gasteiger partial charge in [-0.15, -0.1) is 0 Å². The molecule has 76 valence electrons. The molecule has 1 aromatic rings. The van der Waals surface area contributed by atoms with E-state index in [1.165, 1.54) is 5.56 Å². The van der Waals surface area contributed by atoms with Crippen LogP contribution in [0.1, 0.15) is 24.3 Å². The molecule has 2 heteroatoms. The van der Waals surface area contributed by atoms with E-state index in [1.807, 2.05) is 12.1 Å². The molecular weight excluding hydrogens is 176 g/mol. The molecule has 0 radical (unpaired) electrons. The number of aliphatic hydroxyl groups excluding tert-OH is 1. The van der Waals surface area contributed by atoms with Gasteiger partial charge in [-0.2, -0.15) is 0 Å². The summed E-state index contributed by atoms with van der Waals surface area (Å²) < 4.78 is 5.18. The van der Waals surface area contributed by atoms with Gasteiger partial charge in [0, 0.05) is 6.61 Å². The molecule has 1 aliphatic rings. The predicted molar refractivity (Wildman–Crippen MR) is 55.5 cm³/mol. The Kier molecular flexibility index (Phi) is 2.73. The molecule has 0 unspecified atom stereocenters. The molecule has 0 amide bonds. The maximum Gasteiger partial charge on any atom is 0.119 e. The Hall–Kier alpha value is -1.02. The third-order valence-corrected chi connectivity index (χ3v) is 3.06. The second kappa shape index (κ2) is 4.01. The molecule has 0 heterocycles. The highest BCUT2D eigenvalue weighted by Crippen LogP contribution is 2.41. The van der Waals surface area contributed by atoms with Crippen LogP contribution in [0.2, 0.25) is 0 Å². The lowest BCUT2D eigenvalue weighted by Crippen LogP contribution is -2.24. The average Bonchev–Trinajstić information content (AvgIpc) is 2.17. The largest absolute Gasteiger partial charge is 0.497 e. The molecule has 0 spiro atoms. The number of ether oxygens (including phenoxy) is 1. The summed E-state index contributed by atoms with van der Waals surface area (Å²) in [6.45, 7) is 0.334. The van der Waals surface area contributed by atoms with Crippen LogP contribution in [-0.4, -0.2) is 18.8 Å². The summed E-state index contributed by atoms with van der Waals surface area (Å²) in [5, 5.41) is 8.93. The fourth-order valence-electron chi connectivity index (χ4n) is 2.05. The molecule has 0 atom stereocenters. The smallest absolute Gasteiger partial charge is 0.119 e. The van der Waals surface area contributed by atoms with Crippen molar-refractivity contribution < 1.29 is 9.84 Å². The van der Waals surface area contributed by atoms with E-state index in [-0.39, 0.29) is 0 Å². The van der Waals surface area contributed by atoms with Crippen molar-refractivity contribution in [3.8, 4) is 5.75 Å². The normalized spacial score (nSPS) is 25.6. The Morgan fingerprint density at radius 1 is 1.43 bits per heavy atom. The first kappa shape index (κ1) is 9.53. The fourth-order valence-corrected chi connectivity index (χ4v) is 2.05. The van der Waals surface area contributed by atoms with Gasteiger partial charge in [0.05, 0.1) is 7.11 Å². The Morgan fingerprint density at radius 2 is 2.21 bits per heavy atom. The predicted octanol–water partition coefficient (Wildman–Crippen LogP) is 2.18. The van der Waals surface area contributed by atoms with Crippen LogP contribution in [0, 0.1) is 5.92 Å². The van der Waals surface area contributed by atoms with Gasteiger partial charge in [0.25, 0.3) is 0 Å². The van der Waals surface area contributed by atoms with Gasteiger partial charge < -0.3 is 9.84 Å². The van der Waals surface area contributed by atoms with E-state index >= 15 is 0 Å². The molecule has 1 aromatic carbocycles. The Balaban J connectivity index is 2.03. The van der Waals surface area contributed by atoms with Crippen molar-refractivity contribution in [1.29, 1.82) is 0 Å². The molecule has 0 aromatic heterocycles. The van der Waals surface area contributed by atoms with Gasteiger partial charge in [-0.05, 0) is 42.4 Å². The standard InChI is InChI=1S/C12H16O2/c1-14-12-4-2-3-10(7-12)11-5-9(6-11)8-13/h2-4,7,9,11,13H,5-6,8H2,1H3. The summed E-state index contributed by atoms with van der Waals surface area (Å²) in [6.07, 6.45) is 2.23. The summed E-state index contributed by atoms with van der Waals surface area (Å²) in [5.41, 5.74) is 1.34. The number of rotatable bonds is 3. The summed E-state index contributed by atoms with van der Waals surface area (Å²) in [6, 6.07) is 8.23. The van der Waals surface area contributed by atoms with Crippen LogP contribution in [0.4, 0.5) is 0 Å². The zero-order valence-corrected chi connectivity index (χ0v) is 8.44. The molecule has 0 saturated heterocycles. The summed E-state index contributed by atoms with van der Waals surface area (Å²) in [4.78, 5) is 0. The van der Waals surface area contributed by atoms with Crippen molar-refractivity contribution in [2.24, 2.45) is 5.92 Å². The average molecular weight is 192 g/mol. The summed E-state index contributed by atoms with van der Waals surface area (Å²) >= 11 is 0. The minimum atomic E-state index is 0.334. The molecule has 14 heavy (non-hydrogen) atoms. The van der Waals surface area contributed by atoms with Crippen molar-refractivity contribution in [1.82, 2.24) is 0 Å². The third kappa shape index (κ3) is 1.75. The van der Waals surface area contributed by atoms with E-state index in [1.54, 1.807) is 7.11 Å². The van der Waals surface area contributed by atoms with Gasteiger partial charge in [-0.3, -0.25) is 0 Å². The van der Waals surface area contributed by atoms with E-state index in [9.17, 15) is 0 Å². The number of aliphatic hydroxyl groups is 1. The van der Waals surface area contributed by atoms with Crippen molar-refractivity contribution in [3.63, 3.8) is 0 Å². The van der Waals surface area contributed by atoms with Crippen molar-refractivity contribution >= 4 is 0 Å². The molecule has 1 saturated carbocycles. The zero-order chi connectivity index (χ0) is 9.97. The van der Waals surface area contributed by atoms with E-state index in [0.29, 0.717) is 18.4 Å². The molecule has 2 rings (SSSR count). The number of benzene rings is 1. The number of hydrogen-bond acceptors (Lipinski definition) is 2. The monoisotopic (exact) mass is 192 g/mol. The van der Waals surface area contributed by atoms with Crippen LogP contribution >= 0.6 is 0 Å². The lowest BCUT2D eigenvalue weighted by molar-refractivity contribution is 0.142. The van der Waals surface area contributed by atoms with E-state index in [4.69, 9.17) is 9.84 Å². The second-order valence-electron chi connectivity index (χ2n) is 3.99. The Bertz CT molecular complexity index is 303.